The van der Waals surface area contributed by atoms with Crippen LogP contribution in [0, 0.1) is 0 Å². The molecule has 2 N–H and O–H groups in total. The van der Waals surface area contributed by atoms with Crippen LogP contribution in [0.2, 0.25) is 0 Å². The number of alkyl halides is 1. The number of amides is 1. The summed E-state index contributed by atoms with van der Waals surface area (Å²) in [6, 6.07) is 0. The highest BCUT2D eigenvalue weighted by Crippen LogP contribution is 2.04. The van der Waals surface area contributed by atoms with Crippen molar-refractivity contribution in [1.29, 1.82) is 0 Å². The van der Waals surface area contributed by atoms with Gasteiger partial charge in [0.15, 0.2) is 5.69 Å². The quantitative estimate of drug-likeness (QED) is 0.720. The van der Waals surface area contributed by atoms with Crippen LogP contribution in [-0.2, 0) is 0 Å². The van der Waals surface area contributed by atoms with Gasteiger partial charge in [-0.15, -0.1) is 11.6 Å². The number of rotatable bonds is 5. The Morgan fingerprint density at radius 2 is 2.57 bits per heavy atom. The molecule has 6 heteroatoms. The molecule has 1 aromatic heterocycles. The molecule has 0 aliphatic carbocycles. The van der Waals surface area contributed by atoms with E-state index in [-0.39, 0.29) is 11.3 Å². The first-order valence-corrected chi connectivity index (χ1v) is 4.95. The summed E-state index contributed by atoms with van der Waals surface area (Å²) in [5.74, 6) is -0.223. The second-order valence-corrected chi connectivity index (χ2v) is 3.52. The van der Waals surface area contributed by atoms with Crippen molar-refractivity contribution < 1.29 is 4.79 Å². The molecule has 0 saturated heterocycles. The van der Waals surface area contributed by atoms with E-state index in [0.717, 1.165) is 12.8 Å². The van der Waals surface area contributed by atoms with E-state index in [1.807, 2.05) is 6.92 Å². The zero-order chi connectivity index (χ0) is 10.4. The number of aromatic amines is 1. The number of halogens is 1. The number of H-pyrrole nitrogens is 1. The van der Waals surface area contributed by atoms with E-state index in [2.05, 4.69) is 20.7 Å². The van der Waals surface area contributed by atoms with Crippen LogP contribution < -0.4 is 5.32 Å². The van der Waals surface area contributed by atoms with Gasteiger partial charge in [0.2, 0.25) is 0 Å². The molecular weight excluding hydrogens is 204 g/mol. The van der Waals surface area contributed by atoms with Crippen LogP contribution in [0.1, 0.15) is 30.3 Å². The summed E-state index contributed by atoms with van der Waals surface area (Å²) in [5, 5.41) is 12.4. The van der Waals surface area contributed by atoms with E-state index < -0.39 is 0 Å². The van der Waals surface area contributed by atoms with E-state index in [9.17, 15) is 4.79 Å². The fraction of sp³-hybridized carbons (Fsp3) is 0.625. The van der Waals surface area contributed by atoms with Crippen molar-refractivity contribution in [3.05, 3.63) is 11.9 Å². The molecule has 14 heavy (non-hydrogen) atoms. The standard InChI is InChI=1S/C8H13ClN4O/c1-2-6(9)3-4-10-8(14)7-5-11-13-12-7/h5-6H,2-4H2,1H3,(H,10,14)(H,11,12,13). The van der Waals surface area contributed by atoms with Crippen molar-refractivity contribution in [3.63, 3.8) is 0 Å². The number of aromatic nitrogens is 3. The highest BCUT2D eigenvalue weighted by Gasteiger charge is 2.08. The van der Waals surface area contributed by atoms with Gasteiger partial charge in [-0.05, 0) is 12.8 Å². The lowest BCUT2D eigenvalue weighted by atomic mass is 10.2. The average Bonchev–Trinajstić information content (AvgIpc) is 2.70. The maximum absolute atomic E-state index is 11.3. The Labute approximate surface area is 87.2 Å². The zero-order valence-electron chi connectivity index (χ0n) is 7.96. The average molecular weight is 217 g/mol. The third-order valence-electron chi connectivity index (χ3n) is 1.83. The van der Waals surface area contributed by atoms with Gasteiger partial charge >= 0.3 is 0 Å². The summed E-state index contributed by atoms with van der Waals surface area (Å²) >= 11 is 5.89. The number of nitrogens with one attached hydrogen (secondary N) is 2. The Kier molecular flexibility index (Phi) is 4.39. The van der Waals surface area contributed by atoms with Crippen molar-refractivity contribution in [3.8, 4) is 0 Å². The molecule has 5 nitrogen and oxygen atoms in total. The smallest absolute Gasteiger partial charge is 0.273 e. The highest BCUT2D eigenvalue weighted by atomic mass is 35.5. The first-order valence-electron chi connectivity index (χ1n) is 4.52. The number of carbonyl (C=O) groups is 1. The van der Waals surface area contributed by atoms with Crippen molar-refractivity contribution in [1.82, 2.24) is 20.7 Å². The van der Waals surface area contributed by atoms with Gasteiger partial charge in [-0.2, -0.15) is 15.4 Å². The highest BCUT2D eigenvalue weighted by molar-refractivity contribution is 6.20. The van der Waals surface area contributed by atoms with E-state index in [4.69, 9.17) is 11.6 Å². The Morgan fingerprint density at radius 3 is 3.14 bits per heavy atom. The van der Waals surface area contributed by atoms with Gasteiger partial charge in [0.05, 0.1) is 6.20 Å². The van der Waals surface area contributed by atoms with Crippen LogP contribution in [0.3, 0.4) is 0 Å². The lowest BCUT2D eigenvalue weighted by Gasteiger charge is -2.06. The van der Waals surface area contributed by atoms with Crippen LogP contribution in [0.15, 0.2) is 6.20 Å². The van der Waals surface area contributed by atoms with Gasteiger partial charge in [0.1, 0.15) is 0 Å². The number of carbonyl (C=O) groups excluding carboxylic acids is 1. The van der Waals surface area contributed by atoms with Gasteiger partial charge in [-0.3, -0.25) is 4.79 Å². The largest absolute Gasteiger partial charge is 0.351 e. The summed E-state index contributed by atoms with van der Waals surface area (Å²) in [4.78, 5) is 11.3. The van der Waals surface area contributed by atoms with Gasteiger partial charge in [0, 0.05) is 11.9 Å². The Hall–Kier alpha value is -1.10. The molecule has 1 unspecified atom stereocenters. The Morgan fingerprint density at radius 1 is 1.79 bits per heavy atom. The van der Waals surface area contributed by atoms with E-state index in [1.165, 1.54) is 6.20 Å². The monoisotopic (exact) mass is 216 g/mol. The molecule has 1 rings (SSSR count). The van der Waals surface area contributed by atoms with Crippen LogP contribution in [0.25, 0.3) is 0 Å². The minimum Gasteiger partial charge on any atom is -0.351 e. The second-order valence-electron chi connectivity index (χ2n) is 2.91. The summed E-state index contributed by atoms with van der Waals surface area (Å²) in [5.41, 5.74) is 0.299. The lowest BCUT2D eigenvalue weighted by Crippen LogP contribution is -2.26. The molecule has 0 aliphatic heterocycles. The number of nitrogens with zero attached hydrogens (tertiary/aromatic N) is 2. The molecule has 1 atom stereocenters. The summed E-state index contributed by atoms with van der Waals surface area (Å²) in [6.07, 6.45) is 3.05. The molecule has 0 saturated carbocycles. The fourth-order valence-corrected chi connectivity index (χ4v) is 1.06. The summed E-state index contributed by atoms with van der Waals surface area (Å²) in [7, 11) is 0. The van der Waals surface area contributed by atoms with Crippen molar-refractivity contribution in [2.75, 3.05) is 6.54 Å². The third-order valence-corrected chi connectivity index (χ3v) is 2.36. The predicted molar refractivity (Wildman–Crippen MR) is 53.3 cm³/mol. The van der Waals surface area contributed by atoms with Gasteiger partial charge in [-0.25, -0.2) is 0 Å². The zero-order valence-corrected chi connectivity index (χ0v) is 8.71. The molecule has 1 amide bonds. The van der Waals surface area contributed by atoms with Crippen molar-refractivity contribution >= 4 is 17.5 Å². The van der Waals surface area contributed by atoms with Gasteiger partial charge < -0.3 is 5.32 Å². The Bertz CT molecular complexity index is 275. The maximum atomic E-state index is 11.3. The van der Waals surface area contributed by atoms with E-state index >= 15 is 0 Å². The SMILES string of the molecule is CCC(Cl)CCNC(=O)c1cn[nH]n1. The number of hydrogen-bond acceptors (Lipinski definition) is 3. The first-order chi connectivity index (χ1) is 6.74. The lowest BCUT2D eigenvalue weighted by molar-refractivity contribution is 0.0948. The van der Waals surface area contributed by atoms with Crippen LogP contribution in [-0.4, -0.2) is 33.2 Å². The van der Waals surface area contributed by atoms with Gasteiger partial charge in [0.25, 0.3) is 5.91 Å². The molecule has 1 heterocycles. The molecule has 78 valence electrons. The molecule has 0 fully saturated rings. The molecular formula is C8H13ClN4O. The van der Waals surface area contributed by atoms with Crippen molar-refractivity contribution in [2.24, 2.45) is 0 Å². The first kappa shape index (κ1) is 11.0. The predicted octanol–water partition coefficient (Wildman–Crippen LogP) is 0.942. The minimum atomic E-state index is -0.223. The molecule has 0 bridgehead atoms. The van der Waals surface area contributed by atoms with Crippen molar-refractivity contribution in [2.45, 2.75) is 25.1 Å². The minimum absolute atomic E-state index is 0.118. The maximum Gasteiger partial charge on any atom is 0.273 e. The summed E-state index contributed by atoms with van der Waals surface area (Å²) < 4.78 is 0. The van der Waals surface area contributed by atoms with Gasteiger partial charge in [-0.1, -0.05) is 6.92 Å². The molecule has 0 radical (unpaired) electrons. The van der Waals surface area contributed by atoms with E-state index in [0.29, 0.717) is 12.2 Å². The fourth-order valence-electron chi connectivity index (χ4n) is 0.948. The topological polar surface area (TPSA) is 70.7 Å². The third kappa shape index (κ3) is 3.33. The number of hydrogen-bond donors (Lipinski definition) is 2. The van der Waals surface area contributed by atoms with Crippen LogP contribution in [0.4, 0.5) is 0 Å². The molecule has 0 aromatic carbocycles. The van der Waals surface area contributed by atoms with E-state index in [1.54, 1.807) is 0 Å². The molecule has 0 spiro atoms. The Balaban J connectivity index is 2.23. The summed E-state index contributed by atoms with van der Waals surface area (Å²) in [6.45, 7) is 2.57. The molecule has 1 aromatic rings. The second kappa shape index (κ2) is 5.59. The normalized spacial score (nSPS) is 12.4. The van der Waals surface area contributed by atoms with Crippen LogP contribution in [0.5, 0.6) is 0 Å². The molecule has 0 aliphatic rings. The van der Waals surface area contributed by atoms with Crippen LogP contribution >= 0.6 is 11.6 Å².